The fourth-order valence-electron chi connectivity index (χ4n) is 2.31. The summed E-state index contributed by atoms with van der Waals surface area (Å²) in [5, 5.41) is 3.65. The van der Waals surface area contributed by atoms with Crippen LogP contribution in [0.1, 0.15) is 34.3 Å². The van der Waals surface area contributed by atoms with Gasteiger partial charge in [0.1, 0.15) is 5.75 Å². The van der Waals surface area contributed by atoms with Gasteiger partial charge < -0.3 is 10.1 Å². The maximum absolute atomic E-state index is 12.1. The van der Waals surface area contributed by atoms with Gasteiger partial charge in [0.15, 0.2) is 0 Å². The Kier molecular flexibility index (Phi) is 6.48. The zero-order chi connectivity index (χ0) is 16.7. The van der Waals surface area contributed by atoms with Gasteiger partial charge in [-0.05, 0) is 62.6 Å². The molecule has 0 heterocycles. The molecule has 1 N–H and O–H groups in total. The third-order valence-electron chi connectivity index (χ3n) is 3.57. The van der Waals surface area contributed by atoms with Crippen LogP contribution in [0.2, 0.25) is 5.02 Å². The van der Waals surface area contributed by atoms with E-state index in [0.29, 0.717) is 18.2 Å². The van der Waals surface area contributed by atoms with Crippen LogP contribution in [0.4, 0.5) is 0 Å². The van der Waals surface area contributed by atoms with Crippen molar-refractivity contribution in [2.75, 3.05) is 13.2 Å². The molecule has 0 aliphatic carbocycles. The number of aryl methyl sites for hydroxylation is 2. The molecule has 0 saturated carbocycles. The number of benzene rings is 2. The molecule has 0 saturated heterocycles. The molecule has 0 fully saturated rings. The van der Waals surface area contributed by atoms with Crippen molar-refractivity contribution in [3.05, 3.63) is 64.2 Å². The molecule has 2 aromatic carbocycles. The number of carbonyl (C=O) groups excluding carboxylic acids is 1. The number of ether oxygens (including phenoxy) is 1. The van der Waals surface area contributed by atoms with E-state index < -0.39 is 0 Å². The minimum Gasteiger partial charge on any atom is -0.494 e. The molecule has 122 valence electrons. The molecule has 0 bridgehead atoms. The highest BCUT2D eigenvalue weighted by atomic mass is 35.5. The predicted octanol–water partition coefficient (Wildman–Crippen LogP) is 4.55. The van der Waals surface area contributed by atoms with Gasteiger partial charge >= 0.3 is 0 Å². The van der Waals surface area contributed by atoms with Crippen molar-refractivity contribution < 1.29 is 9.53 Å². The van der Waals surface area contributed by atoms with Crippen molar-refractivity contribution in [3.8, 4) is 5.75 Å². The number of hydrogen-bond donors (Lipinski definition) is 1. The fraction of sp³-hybridized carbons (Fsp3) is 0.316. The van der Waals surface area contributed by atoms with Gasteiger partial charge in [-0.1, -0.05) is 29.3 Å². The lowest BCUT2D eigenvalue weighted by Crippen LogP contribution is -2.25. The van der Waals surface area contributed by atoms with Gasteiger partial charge in [0.05, 0.1) is 6.61 Å². The van der Waals surface area contributed by atoms with Crippen LogP contribution in [0, 0.1) is 13.8 Å². The van der Waals surface area contributed by atoms with E-state index in [1.54, 1.807) is 12.1 Å². The molecular formula is C19H22ClNO2. The minimum atomic E-state index is -0.0129. The normalized spacial score (nSPS) is 10.4. The van der Waals surface area contributed by atoms with Crippen LogP contribution < -0.4 is 10.1 Å². The highest BCUT2D eigenvalue weighted by Gasteiger charge is 2.07. The van der Waals surface area contributed by atoms with Crippen molar-refractivity contribution in [2.24, 2.45) is 0 Å². The Morgan fingerprint density at radius 3 is 2.52 bits per heavy atom. The van der Waals surface area contributed by atoms with Crippen molar-refractivity contribution >= 4 is 17.5 Å². The number of carbonyl (C=O) groups is 1. The summed E-state index contributed by atoms with van der Waals surface area (Å²) >= 11 is 5.82. The van der Waals surface area contributed by atoms with Crippen LogP contribution in [-0.2, 0) is 0 Å². The van der Waals surface area contributed by atoms with E-state index in [9.17, 15) is 4.79 Å². The van der Waals surface area contributed by atoms with Gasteiger partial charge in [-0.15, -0.1) is 0 Å². The van der Waals surface area contributed by atoms with Gasteiger partial charge in [0.25, 0.3) is 5.91 Å². The van der Waals surface area contributed by atoms with E-state index in [4.69, 9.17) is 16.3 Å². The number of unbranched alkanes of at least 4 members (excludes halogenated alkanes) is 1. The van der Waals surface area contributed by atoms with Crippen molar-refractivity contribution in [2.45, 2.75) is 26.7 Å². The summed E-state index contributed by atoms with van der Waals surface area (Å²) in [6, 6.07) is 13.2. The molecule has 3 nitrogen and oxygen atoms in total. The van der Waals surface area contributed by atoms with Crippen LogP contribution in [0.25, 0.3) is 0 Å². The second kappa shape index (κ2) is 8.59. The number of rotatable bonds is 7. The second-order valence-electron chi connectivity index (χ2n) is 5.58. The Balaban J connectivity index is 1.65. The van der Waals surface area contributed by atoms with Crippen LogP contribution in [-0.4, -0.2) is 19.1 Å². The topological polar surface area (TPSA) is 38.3 Å². The molecule has 0 aromatic heterocycles. The number of nitrogens with one attached hydrogen (secondary N) is 1. The summed E-state index contributed by atoms with van der Waals surface area (Å²) in [5.74, 6) is 0.801. The summed E-state index contributed by atoms with van der Waals surface area (Å²) in [5.41, 5.74) is 2.92. The average Bonchev–Trinajstić information content (AvgIpc) is 2.52. The Morgan fingerprint density at radius 2 is 1.83 bits per heavy atom. The highest BCUT2D eigenvalue weighted by molar-refractivity contribution is 6.30. The Hall–Kier alpha value is -2.00. The molecule has 23 heavy (non-hydrogen) atoms. The predicted molar refractivity (Wildman–Crippen MR) is 94.4 cm³/mol. The first kappa shape index (κ1) is 17.4. The quantitative estimate of drug-likeness (QED) is 0.756. The summed E-state index contributed by atoms with van der Waals surface area (Å²) in [4.78, 5) is 12.1. The van der Waals surface area contributed by atoms with Gasteiger partial charge in [0, 0.05) is 17.1 Å². The van der Waals surface area contributed by atoms with Crippen LogP contribution in [0.15, 0.2) is 42.5 Å². The summed E-state index contributed by atoms with van der Waals surface area (Å²) in [6.07, 6.45) is 1.76. The maximum atomic E-state index is 12.1. The largest absolute Gasteiger partial charge is 0.494 e. The minimum absolute atomic E-state index is 0.0129. The fourth-order valence-corrected chi connectivity index (χ4v) is 2.44. The number of hydrogen-bond acceptors (Lipinski definition) is 2. The summed E-state index contributed by atoms with van der Waals surface area (Å²) in [6.45, 7) is 5.26. The molecule has 1 amide bonds. The first-order chi connectivity index (χ1) is 11.1. The summed E-state index contributed by atoms with van der Waals surface area (Å²) in [7, 11) is 0. The molecule has 0 atom stereocenters. The SMILES string of the molecule is Cc1ccc(C(=O)NCCCCOc2ccc(Cl)cc2)c(C)c1. The molecule has 0 aliphatic rings. The molecule has 2 aromatic rings. The molecular weight excluding hydrogens is 310 g/mol. The zero-order valence-electron chi connectivity index (χ0n) is 13.6. The van der Waals surface area contributed by atoms with Crippen molar-refractivity contribution in [3.63, 3.8) is 0 Å². The van der Waals surface area contributed by atoms with Crippen molar-refractivity contribution in [1.29, 1.82) is 0 Å². The van der Waals surface area contributed by atoms with E-state index in [1.807, 2.05) is 44.2 Å². The van der Waals surface area contributed by atoms with E-state index in [0.717, 1.165) is 29.7 Å². The number of amides is 1. The Bertz CT molecular complexity index is 653. The lowest BCUT2D eigenvalue weighted by molar-refractivity contribution is 0.0951. The first-order valence-corrected chi connectivity index (χ1v) is 8.18. The molecule has 0 aliphatic heterocycles. The van der Waals surface area contributed by atoms with Crippen molar-refractivity contribution in [1.82, 2.24) is 5.32 Å². The third-order valence-corrected chi connectivity index (χ3v) is 3.82. The third kappa shape index (κ3) is 5.61. The monoisotopic (exact) mass is 331 g/mol. The summed E-state index contributed by atoms with van der Waals surface area (Å²) < 4.78 is 5.61. The number of halogens is 1. The van der Waals surface area contributed by atoms with Crippen LogP contribution in [0.3, 0.4) is 0 Å². The highest BCUT2D eigenvalue weighted by Crippen LogP contribution is 2.15. The molecule has 2 rings (SSSR count). The average molecular weight is 332 g/mol. The van der Waals surface area contributed by atoms with Gasteiger partial charge in [-0.2, -0.15) is 0 Å². The van der Waals surface area contributed by atoms with E-state index in [2.05, 4.69) is 5.32 Å². The first-order valence-electron chi connectivity index (χ1n) is 7.80. The van der Waals surface area contributed by atoms with Gasteiger partial charge in [-0.3, -0.25) is 4.79 Å². The van der Waals surface area contributed by atoms with E-state index >= 15 is 0 Å². The van der Waals surface area contributed by atoms with Crippen LogP contribution >= 0.6 is 11.6 Å². The molecule has 4 heteroatoms. The molecule has 0 radical (unpaired) electrons. The molecule has 0 spiro atoms. The zero-order valence-corrected chi connectivity index (χ0v) is 14.3. The Labute approximate surface area is 142 Å². The van der Waals surface area contributed by atoms with Gasteiger partial charge in [-0.25, -0.2) is 0 Å². The van der Waals surface area contributed by atoms with E-state index in [-0.39, 0.29) is 5.91 Å². The van der Waals surface area contributed by atoms with E-state index in [1.165, 1.54) is 5.56 Å². The van der Waals surface area contributed by atoms with Crippen LogP contribution in [0.5, 0.6) is 5.75 Å². The standard InChI is InChI=1S/C19H22ClNO2/c1-14-5-10-18(15(2)13-14)19(22)21-11-3-4-12-23-17-8-6-16(20)7-9-17/h5-10,13H,3-4,11-12H2,1-2H3,(H,21,22). The lowest BCUT2D eigenvalue weighted by Gasteiger charge is -2.09. The maximum Gasteiger partial charge on any atom is 0.251 e. The Morgan fingerprint density at radius 1 is 1.09 bits per heavy atom. The smallest absolute Gasteiger partial charge is 0.251 e. The lowest BCUT2D eigenvalue weighted by atomic mass is 10.1. The molecule has 0 unspecified atom stereocenters. The van der Waals surface area contributed by atoms with Gasteiger partial charge in [0.2, 0.25) is 0 Å². The second-order valence-corrected chi connectivity index (χ2v) is 6.02.